The summed E-state index contributed by atoms with van der Waals surface area (Å²) in [6.07, 6.45) is 0. The zero-order valence-electron chi connectivity index (χ0n) is 32.7. The molecule has 0 aliphatic carbocycles. The van der Waals surface area contributed by atoms with E-state index in [9.17, 15) is 5.26 Å². The van der Waals surface area contributed by atoms with Gasteiger partial charge in [0.15, 0.2) is 5.82 Å². The van der Waals surface area contributed by atoms with Crippen LogP contribution in [0.25, 0.3) is 116 Å². The van der Waals surface area contributed by atoms with Crippen molar-refractivity contribution in [1.29, 1.82) is 5.26 Å². The van der Waals surface area contributed by atoms with E-state index in [1.807, 2.05) is 42.5 Å². The van der Waals surface area contributed by atoms with Gasteiger partial charge in [-0.25, -0.2) is 9.97 Å². The van der Waals surface area contributed by atoms with Crippen LogP contribution in [0, 0.1) is 11.3 Å². The quantitative estimate of drug-likeness (QED) is 0.179. The van der Waals surface area contributed by atoms with Crippen molar-refractivity contribution in [2.45, 2.75) is 0 Å². The molecule has 0 spiro atoms. The molecule has 6 nitrogen and oxygen atoms in total. The number of hydrogen-bond donors (Lipinski definition) is 0. The molecule has 4 aromatic heterocycles. The minimum Gasteiger partial charge on any atom is -0.309 e. The fourth-order valence-corrected chi connectivity index (χ4v) is 9.76. The van der Waals surface area contributed by atoms with E-state index >= 15 is 0 Å². The Balaban J connectivity index is 1.14. The lowest BCUT2D eigenvalue weighted by molar-refractivity contribution is 1.08. The van der Waals surface area contributed by atoms with Gasteiger partial charge < -0.3 is 9.13 Å². The van der Waals surface area contributed by atoms with Gasteiger partial charge in [-0.2, -0.15) is 5.26 Å². The molecule has 0 saturated carbocycles. The molecule has 0 bridgehead atoms. The van der Waals surface area contributed by atoms with Crippen molar-refractivity contribution in [2.24, 2.45) is 0 Å². The number of para-hydroxylation sites is 5. The van der Waals surface area contributed by atoms with Gasteiger partial charge in [-0.05, 0) is 95.7 Å². The molecule has 0 aliphatic rings. The Labute approximate surface area is 349 Å². The molecule has 0 unspecified atom stereocenters. The SMILES string of the molecule is N#Cc1ccc2c(c1)c1cc(-c3nc4ccccc4nc3-n3c4ccccc4c4c3ccc3c5ccccc5n(-c5ccc6ccccc6c5)c34)ccc1n2-c1ccccc1. The molecule has 9 aromatic carbocycles. The van der Waals surface area contributed by atoms with Crippen molar-refractivity contribution in [3.63, 3.8) is 0 Å². The smallest absolute Gasteiger partial charge is 0.165 e. The van der Waals surface area contributed by atoms with Gasteiger partial charge >= 0.3 is 0 Å². The fourth-order valence-electron chi connectivity index (χ4n) is 9.76. The van der Waals surface area contributed by atoms with E-state index in [-0.39, 0.29) is 0 Å². The average Bonchev–Trinajstić information content (AvgIpc) is 3.96. The predicted molar refractivity (Wildman–Crippen MR) is 250 cm³/mol. The zero-order valence-corrected chi connectivity index (χ0v) is 32.7. The topological polar surface area (TPSA) is 64.4 Å². The molecule has 13 rings (SSSR count). The van der Waals surface area contributed by atoms with Crippen molar-refractivity contribution < 1.29 is 0 Å². The lowest BCUT2D eigenvalue weighted by Gasteiger charge is -2.14. The Morgan fingerprint density at radius 3 is 1.85 bits per heavy atom. The zero-order chi connectivity index (χ0) is 40.2. The van der Waals surface area contributed by atoms with Crippen molar-refractivity contribution in [1.82, 2.24) is 23.7 Å². The van der Waals surface area contributed by atoms with Gasteiger partial charge in [0, 0.05) is 49.3 Å². The highest BCUT2D eigenvalue weighted by Crippen LogP contribution is 2.44. The highest BCUT2D eigenvalue weighted by Gasteiger charge is 2.24. The molecule has 0 N–H and O–H groups in total. The number of fused-ring (bicyclic) bond motifs is 12. The highest BCUT2D eigenvalue weighted by atomic mass is 15.1. The second-order valence-electron chi connectivity index (χ2n) is 15.7. The fraction of sp³-hybridized carbons (Fsp3) is 0. The third kappa shape index (κ3) is 4.83. The van der Waals surface area contributed by atoms with Crippen LogP contribution < -0.4 is 0 Å². The molecule has 0 saturated heterocycles. The molecule has 0 radical (unpaired) electrons. The molecule has 0 aliphatic heterocycles. The molecule has 0 fully saturated rings. The lowest BCUT2D eigenvalue weighted by atomic mass is 10.0. The number of nitriles is 1. The number of aromatic nitrogens is 5. The highest BCUT2D eigenvalue weighted by molar-refractivity contribution is 6.26. The van der Waals surface area contributed by atoms with E-state index in [2.05, 4.69) is 171 Å². The monoisotopic (exact) mass is 776 g/mol. The minimum atomic E-state index is 0.619. The molecular formula is C55H32N6. The normalized spacial score (nSPS) is 11.9. The maximum atomic E-state index is 9.99. The molecule has 61 heavy (non-hydrogen) atoms. The summed E-state index contributed by atoms with van der Waals surface area (Å²) in [5, 5.41) is 19.2. The Hall–Kier alpha value is -8.53. The van der Waals surface area contributed by atoms with E-state index in [4.69, 9.17) is 9.97 Å². The second-order valence-corrected chi connectivity index (χ2v) is 15.7. The molecule has 4 heterocycles. The molecule has 0 atom stereocenters. The van der Waals surface area contributed by atoms with Gasteiger partial charge in [0.05, 0.1) is 55.8 Å². The molecule has 6 heteroatoms. The standard InChI is InChI=1S/C55H32N6/c56-33-34-22-27-49-43(30-34)44-32-37(24-28-50(44)59(49)38-14-2-1-3-15-38)53-55(58-46-19-9-8-18-45(46)57-53)61-48-21-11-7-17-42(48)52-51(61)29-26-41-40-16-6-10-20-47(40)60(54(41)52)39-25-23-35-12-4-5-13-36(35)31-39/h1-32H. The van der Waals surface area contributed by atoms with Crippen LogP contribution in [-0.4, -0.2) is 23.7 Å². The second kappa shape index (κ2) is 12.7. The summed E-state index contributed by atoms with van der Waals surface area (Å²) in [5.41, 5.74) is 12.6. The van der Waals surface area contributed by atoms with Crippen LogP contribution in [-0.2, 0) is 0 Å². The van der Waals surface area contributed by atoms with Crippen LogP contribution in [0.3, 0.4) is 0 Å². The van der Waals surface area contributed by atoms with E-state index in [0.717, 1.165) is 94.1 Å². The lowest BCUT2D eigenvalue weighted by Crippen LogP contribution is -2.04. The Bertz CT molecular complexity index is 4010. The Morgan fingerprint density at radius 2 is 1.03 bits per heavy atom. The summed E-state index contributed by atoms with van der Waals surface area (Å²) in [6.45, 7) is 0. The largest absolute Gasteiger partial charge is 0.309 e. The van der Waals surface area contributed by atoms with Gasteiger partial charge in [-0.15, -0.1) is 0 Å². The first-order valence-corrected chi connectivity index (χ1v) is 20.5. The first-order chi connectivity index (χ1) is 30.2. The van der Waals surface area contributed by atoms with Crippen LogP contribution in [0.4, 0.5) is 0 Å². The Morgan fingerprint density at radius 1 is 0.393 bits per heavy atom. The van der Waals surface area contributed by atoms with Gasteiger partial charge in [-0.1, -0.05) is 109 Å². The first-order valence-electron chi connectivity index (χ1n) is 20.5. The van der Waals surface area contributed by atoms with Gasteiger partial charge in [0.25, 0.3) is 0 Å². The summed E-state index contributed by atoms with van der Waals surface area (Å²) in [5.74, 6) is 0.751. The predicted octanol–water partition coefficient (Wildman–Crippen LogP) is 13.6. The summed E-state index contributed by atoms with van der Waals surface area (Å²) in [6, 6.07) is 70.7. The van der Waals surface area contributed by atoms with E-state index in [1.165, 1.54) is 21.5 Å². The van der Waals surface area contributed by atoms with Crippen LogP contribution in [0.2, 0.25) is 0 Å². The third-order valence-corrected chi connectivity index (χ3v) is 12.4. The summed E-state index contributed by atoms with van der Waals surface area (Å²) >= 11 is 0. The minimum absolute atomic E-state index is 0.619. The average molecular weight is 777 g/mol. The number of hydrogen-bond acceptors (Lipinski definition) is 3. The number of nitrogens with zero attached hydrogens (tertiary/aromatic N) is 6. The molecule has 0 amide bonds. The van der Waals surface area contributed by atoms with E-state index in [0.29, 0.717) is 5.56 Å². The maximum Gasteiger partial charge on any atom is 0.165 e. The van der Waals surface area contributed by atoms with E-state index in [1.54, 1.807) is 0 Å². The maximum absolute atomic E-state index is 9.99. The molecule has 282 valence electrons. The number of rotatable bonds is 4. The van der Waals surface area contributed by atoms with Gasteiger partial charge in [0.2, 0.25) is 0 Å². The van der Waals surface area contributed by atoms with Crippen molar-refractivity contribution in [2.75, 3.05) is 0 Å². The van der Waals surface area contributed by atoms with Crippen LogP contribution >= 0.6 is 0 Å². The third-order valence-electron chi connectivity index (χ3n) is 12.4. The van der Waals surface area contributed by atoms with Crippen LogP contribution in [0.15, 0.2) is 194 Å². The summed E-state index contributed by atoms with van der Waals surface area (Å²) in [7, 11) is 0. The number of benzene rings is 9. The van der Waals surface area contributed by atoms with Gasteiger partial charge in [-0.3, -0.25) is 4.57 Å². The molecular weight excluding hydrogens is 745 g/mol. The van der Waals surface area contributed by atoms with E-state index < -0.39 is 0 Å². The summed E-state index contributed by atoms with van der Waals surface area (Å²) in [4.78, 5) is 10.9. The van der Waals surface area contributed by atoms with Crippen LogP contribution in [0.1, 0.15) is 5.56 Å². The first kappa shape index (κ1) is 33.4. The Kier molecular flexibility index (Phi) is 6.98. The van der Waals surface area contributed by atoms with Crippen LogP contribution in [0.5, 0.6) is 0 Å². The van der Waals surface area contributed by atoms with Crippen molar-refractivity contribution >= 4 is 87.2 Å². The van der Waals surface area contributed by atoms with Crippen molar-refractivity contribution in [3.8, 4) is 34.5 Å². The van der Waals surface area contributed by atoms with Gasteiger partial charge in [0.1, 0.15) is 5.69 Å². The van der Waals surface area contributed by atoms with Crippen molar-refractivity contribution in [3.05, 3.63) is 200 Å². The summed E-state index contributed by atoms with van der Waals surface area (Å²) < 4.78 is 7.02. The molecule has 13 aromatic rings.